The molecule has 1 aromatic carbocycles. The molecule has 1 atom stereocenters. The molecule has 7 heteroatoms. The number of carbonyl (C=O) groups excluding carboxylic acids is 1. The summed E-state index contributed by atoms with van der Waals surface area (Å²) in [6, 6.07) is 20.2. The van der Waals surface area contributed by atoms with Crippen LogP contribution < -0.4 is 10.2 Å². The summed E-state index contributed by atoms with van der Waals surface area (Å²) in [6.45, 7) is 0.862. The first-order chi connectivity index (χ1) is 15.1. The van der Waals surface area contributed by atoms with E-state index in [1.165, 1.54) is 6.07 Å². The van der Waals surface area contributed by atoms with Gasteiger partial charge in [-0.15, -0.1) is 5.10 Å². The number of benzene rings is 1. The molecule has 0 saturated carbocycles. The van der Waals surface area contributed by atoms with Crippen LogP contribution in [0.3, 0.4) is 0 Å². The van der Waals surface area contributed by atoms with E-state index in [0.717, 1.165) is 42.0 Å². The summed E-state index contributed by atoms with van der Waals surface area (Å²) in [6.07, 6.45) is 1.98. The first-order valence-electron chi connectivity index (χ1n) is 10.3. The van der Waals surface area contributed by atoms with Gasteiger partial charge in [-0.25, -0.2) is 13.9 Å². The fraction of sp³-hybridized carbons (Fsp3) is 0.208. The van der Waals surface area contributed by atoms with E-state index in [4.69, 9.17) is 5.10 Å². The highest BCUT2D eigenvalue weighted by molar-refractivity contribution is 5.92. The average molecular weight is 415 g/mol. The van der Waals surface area contributed by atoms with Crippen LogP contribution in [-0.2, 0) is 0 Å². The van der Waals surface area contributed by atoms with Crippen molar-refractivity contribution in [3.05, 3.63) is 83.8 Å². The Hall–Kier alpha value is -3.74. The van der Waals surface area contributed by atoms with E-state index in [2.05, 4.69) is 15.2 Å². The van der Waals surface area contributed by atoms with Crippen LogP contribution in [0.5, 0.6) is 0 Å². The Kier molecular flexibility index (Phi) is 4.86. The maximum atomic E-state index is 13.8. The molecule has 0 spiro atoms. The van der Waals surface area contributed by atoms with Crippen molar-refractivity contribution in [3.63, 3.8) is 0 Å². The van der Waals surface area contributed by atoms with Crippen molar-refractivity contribution >= 4 is 17.2 Å². The fourth-order valence-electron chi connectivity index (χ4n) is 4.26. The molecule has 1 amide bonds. The summed E-state index contributed by atoms with van der Waals surface area (Å²) < 4.78 is 15.7. The zero-order valence-corrected chi connectivity index (χ0v) is 17.1. The summed E-state index contributed by atoms with van der Waals surface area (Å²) in [5, 5.41) is 7.50. The van der Waals surface area contributed by atoms with Gasteiger partial charge in [0.05, 0.1) is 22.9 Å². The van der Waals surface area contributed by atoms with E-state index in [0.29, 0.717) is 11.4 Å². The predicted octanol–water partition coefficient (Wildman–Crippen LogP) is 4.24. The van der Waals surface area contributed by atoms with Crippen LogP contribution in [0.15, 0.2) is 66.7 Å². The lowest BCUT2D eigenvalue weighted by atomic mass is 10.0. The quantitative estimate of drug-likeness (QED) is 0.542. The third-order valence-electron chi connectivity index (χ3n) is 5.74. The maximum Gasteiger partial charge on any atom is 0.269 e. The van der Waals surface area contributed by atoms with Crippen LogP contribution in [0.4, 0.5) is 10.2 Å². The largest absolute Gasteiger partial charge is 0.354 e. The third kappa shape index (κ3) is 3.52. The van der Waals surface area contributed by atoms with E-state index < -0.39 is 0 Å². The lowest BCUT2D eigenvalue weighted by molar-refractivity contribution is 0.0958. The number of pyridine rings is 1. The van der Waals surface area contributed by atoms with E-state index in [1.807, 2.05) is 47.0 Å². The highest BCUT2D eigenvalue weighted by Gasteiger charge is 2.28. The minimum absolute atomic E-state index is 0.0920. The van der Waals surface area contributed by atoms with Crippen LogP contribution in [0, 0.1) is 5.82 Å². The molecule has 0 aliphatic carbocycles. The third-order valence-corrected chi connectivity index (χ3v) is 5.74. The number of carbonyl (C=O) groups is 1. The van der Waals surface area contributed by atoms with Crippen molar-refractivity contribution < 1.29 is 9.18 Å². The Labute approximate surface area is 179 Å². The topological polar surface area (TPSA) is 62.5 Å². The second-order valence-electron chi connectivity index (χ2n) is 7.64. The maximum absolute atomic E-state index is 13.8. The molecule has 3 aromatic heterocycles. The van der Waals surface area contributed by atoms with Crippen molar-refractivity contribution in [3.8, 4) is 11.4 Å². The second-order valence-corrected chi connectivity index (χ2v) is 7.64. The SMILES string of the molecule is CNC(=O)c1cccc(-c2ccc3ccc(N4CCCC4c4cccc(F)c4)nn23)n1. The summed E-state index contributed by atoms with van der Waals surface area (Å²) in [7, 11) is 1.59. The Morgan fingerprint density at radius 1 is 1.10 bits per heavy atom. The van der Waals surface area contributed by atoms with Crippen LogP contribution in [0.2, 0.25) is 0 Å². The number of aromatic nitrogens is 3. The molecular formula is C24H22FN5O. The van der Waals surface area contributed by atoms with Crippen molar-refractivity contribution in [1.29, 1.82) is 0 Å². The van der Waals surface area contributed by atoms with Crippen molar-refractivity contribution in [2.75, 3.05) is 18.5 Å². The van der Waals surface area contributed by atoms with Crippen molar-refractivity contribution in [1.82, 2.24) is 19.9 Å². The molecule has 1 fully saturated rings. The van der Waals surface area contributed by atoms with Gasteiger partial charge in [0.25, 0.3) is 5.91 Å². The Morgan fingerprint density at radius 3 is 2.77 bits per heavy atom. The van der Waals surface area contributed by atoms with Crippen LogP contribution in [0.25, 0.3) is 16.9 Å². The zero-order chi connectivity index (χ0) is 21.4. The number of nitrogens with one attached hydrogen (secondary N) is 1. The molecule has 1 aliphatic rings. The minimum atomic E-state index is -0.230. The molecule has 4 heterocycles. The van der Waals surface area contributed by atoms with Gasteiger partial charge >= 0.3 is 0 Å². The normalized spacial score (nSPS) is 16.1. The van der Waals surface area contributed by atoms with Gasteiger partial charge in [0.15, 0.2) is 0 Å². The molecule has 4 aromatic rings. The first-order valence-corrected chi connectivity index (χ1v) is 10.3. The smallest absolute Gasteiger partial charge is 0.269 e. The molecule has 31 heavy (non-hydrogen) atoms. The molecule has 156 valence electrons. The number of amides is 1. The highest BCUT2D eigenvalue weighted by atomic mass is 19.1. The first kappa shape index (κ1) is 19.2. The molecule has 0 radical (unpaired) electrons. The van der Waals surface area contributed by atoms with Gasteiger partial charge in [-0.05, 0) is 66.9 Å². The standard InChI is InChI=1S/C24H22FN5O/c1-26-24(31)20-8-3-7-19(27-20)22-12-10-18-11-13-23(28-30(18)22)29-14-4-9-21(29)16-5-2-6-17(25)15-16/h2-3,5-8,10-13,15,21H,4,9,14H2,1H3,(H,26,31). The number of rotatable bonds is 4. The second kappa shape index (κ2) is 7.83. The van der Waals surface area contributed by atoms with Gasteiger partial charge in [-0.2, -0.15) is 0 Å². The van der Waals surface area contributed by atoms with Gasteiger partial charge in [0, 0.05) is 13.6 Å². The highest BCUT2D eigenvalue weighted by Crippen LogP contribution is 2.35. The van der Waals surface area contributed by atoms with E-state index in [-0.39, 0.29) is 17.8 Å². The van der Waals surface area contributed by atoms with Crippen LogP contribution in [0.1, 0.15) is 34.9 Å². The van der Waals surface area contributed by atoms with Crippen LogP contribution >= 0.6 is 0 Å². The lowest BCUT2D eigenvalue weighted by Gasteiger charge is -2.26. The fourth-order valence-corrected chi connectivity index (χ4v) is 4.26. The number of hydrogen-bond acceptors (Lipinski definition) is 4. The van der Waals surface area contributed by atoms with E-state index >= 15 is 0 Å². The number of fused-ring (bicyclic) bond motifs is 1. The number of nitrogens with zero attached hydrogens (tertiary/aromatic N) is 4. The summed E-state index contributed by atoms with van der Waals surface area (Å²) >= 11 is 0. The Bertz CT molecular complexity index is 1270. The van der Waals surface area contributed by atoms with Gasteiger partial charge in [0.2, 0.25) is 0 Å². The average Bonchev–Trinajstić information content (AvgIpc) is 3.45. The summed E-state index contributed by atoms with van der Waals surface area (Å²) in [4.78, 5) is 18.7. The van der Waals surface area contributed by atoms with Gasteiger partial charge in [-0.3, -0.25) is 4.79 Å². The molecule has 6 nitrogen and oxygen atoms in total. The number of anilines is 1. The zero-order valence-electron chi connectivity index (χ0n) is 17.1. The van der Waals surface area contributed by atoms with Gasteiger partial charge in [-0.1, -0.05) is 18.2 Å². The van der Waals surface area contributed by atoms with Gasteiger partial charge in [0.1, 0.15) is 17.3 Å². The minimum Gasteiger partial charge on any atom is -0.354 e. The number of hydrogen-bond donors (Lipinski definition) is 1. The molecule has 1 aliphatic heterocycles. The molecular weight excluding hydrogens is 393 g/mol. The lowest BCUT2D eigenvalue weighted by Crippen LogP contribution is -2.24. The number of halogens is 1. The molecule has 0 bridgehead atoms. The summed E-state index contributed by atoms with van der Waals surface area (Å²) in [5.41, 5.74) is 3.74. The van der Waals surface area contributed by atoms with Gasteiger partial charge < -0.3 is 10.2 Å². The molecule has 1 N–H and O–H groups in total. The summed E-state index contributed by atoms with van der Waals surface area (Å²) in [5.74, 6) is 0.382. The molecule has 5 rings (SSSR count). The van der Waals surface area contributed by atoms with E-state index in [1.54, 1.807) is 25.2 Å². The van der Waals surface area contributed by atoms with Crippen molar-refractivity contribution in [2.45, 2.75) is 18.9 Å². The monoisotopic (exact) mass is 415 g/mol. The predicted molar refractivity (Wildman–Crippen MR) is 118 cm³/mol. The molecule has 1 unspecified atom stereocenters. The Balaban J connectivity index is 1.54. The van der Waals surface area contributed by atoms with E-state index in [9.17, 15) is 9.18 Å². The Morgan fingerprint density at radius 2 is 1.94 bits per heavy atom. The molecule has 1 saturated heterocycles. The van der Waals surface area contributed by atoms with Crippen LogP contribution in [-0.4, -0.2) is 34.1 Å². The van der Waals surface area contributed by atoms with Crippen molar-refractivity contribution in [2.24, 2.45) is 0 Å².